The van der Waals surface area contributed by atoms with E-state index in [9.17, 15) is 4.79 Å². The third-order valence-electron chi connectivity index (χ3n) is 3.74. The number of carbonyl (C=O) groups excluding carboxylic acids is 1. The lowest BCUT2D eigenvalue weighted by Gasteiger charge is -2.11. The number of hydrogen-bond donors (Lipinski definition) is 0. The summed E-state index contributed by atoms with van der Waals surface area (Å²) in [6, 6.07) is 16.7. The normalized spacial score (nSPS) is 10.7. The number of carbonyl (C=O) groups is 1. The fraction of sp³-hybridized carbons (Fsp3) is 0.150. The fourth-order valence-electron chi connectivity index (χ4n) is 2.43. The number of methoxy groups -OCH3 is 1. The number of halogens is 2. The second-order valence-corrected chi connectivity index (χ2v) is 7.12. The van der Waals surface area contributed by atoms with E-state index in [0.29, 0.717) is 34.7 Å². The number of ether oxygens (including phenoxy) is 3. The quantitative estimate of drug-likeness (QED) is 0.262. The maximum absolute atomic E-state index is 12.5. The van der Waals surface area contributed by atoms with Crippen LogP contribution in [-0.4, -0.2) is 26.3 Å². The van der Waals surface area contributed by atoms with Gasteiger partial charge in [-0.1, -0.05) is 30.3 Å². The van der Waals surface area contributed by atoms with Crippen LogP contribution in [-0.2, 0) is 4.74 Å². The summed E-state index contributed by atoms with van der Waals surface area (Å²) in [6.45, 7) is 0.926. The van der Waals surface area contributed by atoms with Crippen LogP contribution in [0.2, 0.25) is 0 Å². The van der Waals surface area contributed by atoms with Crippen LogP contribution in [0.3, 0.4) is 0 Å². The van der Waals surface area contributed by atoms with Crippen molar-refractivity contribution in [3.8, 4) is 11.5 Å². The maximum Gasteiger partial charge on any atom is 0.343 e. The van der Waals surface area contributed by atoms with E-state index in [4.69, 9.17) is 14.2 Å². The molecule has 6 heteroatoms. The van der Waals surface area contributed by atoms with E-state index in [1.54, 1.807) is 31.4 Å². The molecule has 3 rings (SSSR count). The molecule has 0 fully saturated rings. The van der Waals surface area contributed by atoms with Gasteiger partial charge in [0.05, 0.1) is 21.1 Å². The minimum atomic E-state index is -0.440. The van der Waals surface area contributed by atoms with Gasteiger partial charge in [-0.3, -0.25) is 0 Å². The molecule has 0 atom stereocenters. The van der Waals surface area contributed by atoms with Gasteiger partial charge in [-0.05, 0) is 66.9 Å². The zero-order valence-corrected chi connectivity index (χ0v) is 17.2. The summed E-state index contributed by atoms with van der Waals surface area (Å²) in [4.78, 5) is 12.5. The highest BCUT2D eigenvalue weighted by molar-refractivity contribution is 9.11. The number of benzene rings is 3. The highest BCUT2D eigenvalue weighted by Gasteiger charge is 2.14. The van der Waals surface area contributed by atoms with Gasteiger partial charge in [0.2, 0.25) is 0 Å². The molecule has 0 aliphatic heterocycles. The van der Waals surface area contributed by atoms with Crippen LogP contribution >= 0.6 is 31.9 Å². The van der Waals surface area contributed by atoms with Crippen molar-refractivity contribution < 1.29 is 19.0 Å². The molecule has 4 nitrogen and oxygen atoms in total. The molecule has 0 N–H and O–H groups in total. The predicted molar refractivity (Wildman–Crippen MR) is 108 cm³/mol. The second-order valence-electron chi connectivity index (χ2n) is 5.47. The first-order valence-electron chi connectivity index (χ1n) is 7.91. The topological polar surface area (TPSA) is 44.8 Å². The minimum absolute atomic E-state index is 0.427. The van der Waals surface area contributed by atoms with Crippen molar-refractivity contribution in [2.24, 2.45) is 0 Å². The molecule has 134 valence electrons. The van der Waals surface area contributed by atoms with Crippen LogP contribution in [0.4, 0.5) is 0 Å². The van der Waals surface area contributed by atoms with Crippen LogP contribution in [0.15, 0.2) is 63.5 Å². The van der Waals surface area contributed by atoms with E-state index < -0.39 is 5.97 Å². The summed E-state index contributed by atoms with van der Waals surface area (Å²) >= 11 is 6.94. The molecule has 0 saturated carbocycles. The van der Waals surface area contributed by atoms with Gasteiger partial charge in [0.1, 0.15) is 18.1 Å². The number of hydrogen-bond acceptors (Lipinski definition) is 4. The zero-order valence-electron chi connectivity index (χ0n) is 14.0. The Balaban J connectivity index is 1.78. The first kappa shape index (κ1) is 18.9. The lowest BCUT2D eigenvalue weighted by Crippen LogP contribution is -2.10. The molecular weight excluding hydrogens is 464 g/mol. The van der Waals surface area contributed by atoms with Crippen LogP contribution in [0, 0.1) is 0 Å². The van der Waals surface area contributed by atoms with Gasteiger partial charge in [-0.25, -0.2) is 4.79 Å². The number of fused-ring (bicyclic) bond motifs is 1. The average Bonchev–Trinajstić information content (AvgIpc) is 2.65. The molecule has 0 aliphatic rings. The molecular formula is C20H16Br2O4. The van der Waals surface area contributed by atoms with Crippen LogP contribution < -0.4 is 9.47 Å². The fourth-order valence-corrected chi connectivity index (χ4v) is 3.50. The minimum Gasteiger partial charge on any atom is -0.490 e. The molecule has 0 aliphatic carbocycles. The van der Waals surface area contributed by atoms with E-state index in [1.807, 2.05) is 30.3 Å². The Hall–Kier alpha value is -1.89. The SMILES string of the molecule is COCCOc1ccc(C(=O)Oc2ccc3ccccc3c2Br)cc1Br. The molecule has 0 bridgehead atoms. The summed E-state index contributed by atoms with van der Waals surface area (Å²) < 4.78 is 17.5. The second kappa shape index (κ2) is 8.66. The van der Waals surface area contributed by atoms with Crippen molar-refractivity contribution in [2.45, 2.75) is 0 Å². The summed E-state index contributed by atoms with van der Waals surface area (Å²) in [5.74, 6) is 0.681. The van der Waals surface area contributed by atoms with E-state index >= 15 is 0 Å². The van der Waals surface area contributed by atoms with Crippen molar-refractivity contribution in [3.05, 3.63) is 69.1 Å². The lowest BCUT2D eigenvalue weighted by molar-refractivity contribution is 0.0733. The Labute approximate surface area is 168 Å². The smallest absolute Gasteiger partial charge is 0.343 e. The van der Waals surface area contributed by atoms with Crippen molar-refractivity contribution in [1.29, 1.82) is 0 Å². The summed E-state index contributed by atoms with van der Waals surface area (Å²) in [7, 11) is 1.61. The largest absolute Gasteiger partial charge is 0.490 e. The first-order valence-corrected chi connectivity index (χ1v) is 9.49. The van der Waals surface area contributed by atoms with Gasteiger partial charge in [0, 0.05) is 7.11 Å². The van der Waals surface area contributed by atoms with Gasteiger partial charge in [-0.15, -0.1) is 0 Å². The summed E-state index contributed by atoms with van der Waals surface area (Å²) in [5.41, 5.74) is 0.427. The van der Waals surface area contributed by atoms with E-state index in [-0.39, 0.29) is 0 Å². The molecule has 3 aromatic carbocycles. The molecule has 3 aromatic rings. The van der Waals surface area contributed by atoms with Gasteiger partial charge in [0.15, 0.2) is 0 Å². The molecule has 0 radical (unpaired) electrons. The molecule has 26 heavy (non-hydrogen) atoms. The highest BCUT2D eigenvalue weighted by Crippen LogP contribution is 2.34. The van der Waals surface area contributed by atoms with Gasteiger partial charge in [0.25, 0.3) is 0 Å². The van der Waals surface area contributed by atoms with Crippen LogP contribution in [0.5, 0.6) is 11.5 Å². The monoisotopic (exact) mass is 478 g/mol. The van der Waals surface area contributed by atoms with Crippen molar-refractivity contribution >= 4 is 48.6 Å². The van der Waals surface area contributed by atoms with Crippen molar-refractivity contribution in [3.63, 3.8) is 0 Å². The van der Waals surface area contributed by atoms with Crippen LogP contribution in [0.25, 0.3) is 10.8 Å². The Bertz CT molecular complexity index is 940. The van der Waals surface area contributed by atoms with Crippen molar-refractivity contribution in [2.75, 3.05) is 20.3 Å². The Morgan fingerprint density at radius 3 is 2.50 bits per heavy atom. The molecule has 0 unspecified atom stereocenters. The summed E-state index contributed by atoms with van der Waals surface area (Å²) in [5, 5.41) is 2.06. The van der Waals surface area contributed by atoms with Crippen LogP contribution in [0.1, 0.15) is 10.4 Å². The molecule has 0 heterocycles. The lowest BCUT2D eigenvalue weighted by atomic mass is 10.1. The third-order valence-corrected chi connectivity index (χ3v) is 5.18. The number of rotatable bonds is 6. The van der Waals surface area contributed by atoms with Gasteiger partial charge < -0.3 is 14.2 Å². The van der Waals surface area contributed by atoms with Gasteiger partial charge in [-0.2, -0.15) is 0 Å². The van der Waals surface area contributed by atoms with Crippen molar-refractivity contribution in [1.82, 2.24) is 0 Å². The molecule has 0 aromatic heterocycles. The first-order chi connectivity index (χ1) is 12.6. The Morgan fingerprint density at radius 2 is 1.73 bits per heavy atom. The number of esters is 1. The molecule has 0 spiro atoms. The predicted octanol–water partition coefficient (Wildman–Crippen LogP) is 5.61. The highest BCUT2D eigenvalue weighted by atomic mass is 79.9. The third kappa shape index (κ3) is 4.26. The summed E-state index contributed by atoms with van der Waals surface area (Å²) in [6.07, 6.45) is 0. The molecule has 0 saturated heterocycles. The van der Waals surface area contributed by atoms with Gasteiger partial charge >= 0.3 is 5.97 Å². The van der Waals surface area contributed by atoms with E-state index in [1.165, 1.54) is 0 Å². The Kier molecular flexibility index (Phi) is 6.29. The molecule has 0 amide bonds. The maximum atomic E-state index is 12.5. The standard InChI is InChI=1S/C20H16Br2O4/c1-24-10-11-25-17-8-7-14(12-16(17)21)20(23)26-18-9-6-13-4-2-3-5-15(13)19(18)22/h2-9,12H,10-11H2,1H3. The van der Waals surface area contributed by atoms with E-state index in [2.05, 4.69) is 31.9 Å². The average molecular weight is 480 g/mol. The van der Waals surface area contributed by atoms with E-state index in [0.717, 1.165) is 15.2 Å². The zero-order chi connectivity index (χ0) is 18.5. The Morgan fingerprint density at radius 1 is 0.962 bits per heavy atom.